The molecule has 0 bridgehead atoms. The minimum absolute atomic E-state index is 0.128. The second-order valence-electron chi connectivity index (χ2n) is 7.23. The predicted molar refractivity (Wildman–Crippen MR) is 104 cm³/mol. The lowest BCUT2D eigenvalue weighted by Crippen LogP contribution is -2.38. The number of nitrogens with zero attached hydrogens (tertiary/aromatic N) is 5. The zero-order chi connectivity index (χ0) is 20.3. The van der Waals surface area contributed by atoms with Crippen LogP contribution in [0.4, 0.5) is 10.6 Å². The molecule has 0 radical (unpaired) electrons. The molecule has 0 aromatic carbocycles. The molecule has 3 heterocycles. The van der Waals surface area contributed by atoms with Gasteiger partial charge in [-0.2, -0.15) is 0 Å². The lowest BCUT2D eigenvalue weighted by atomic mass is 10.2. The van der Waals surface area contributed by atoms with Gasteiger partial charge < -0.3 is 14.2 Å². The molecule has 1 N–H and O–H groups in total. The molecule has 1 aliphatic rings. The lowest BCUT2D eigenvalue weighted by molar-refractivity contribution is 0.0827. The van der Waals surface area contributed by atoms with Gasteiger partial charge in [-0.25, -0.2) is 14.8 Å². The zero-order valence-corrected chi connectivity index (χ0v) is 16.7. The number of oxazole rings is 1. The number of urea groups is 1. The Balaban J connectivity index is 1.52. The summed E-state index contributed by atoms with van der Waals surface area (Å²) in [5.41, 5.74) is 0.479. The number of carbonyl (C=O) groups is 2. The fourth-order valence-corrected chi connectivity index (χ4v) is 3.14. The first-order chi connectivity index (χ1) is 13.3. The molecule has 9 nitrogen and oxygen atoms in total. The molecule has 150 valence electrons. The Morgan fingerprint density at radius 2 is 2.04 bits per heavy atom. The van der Waals surface area contributed by atoms with Crippen LogP contribution in [0.5, 0.6) is 0 Å². The number of nitrogens with one attached hydrogen (secondary N) is 1. The molecule has 1 fully saturated rings. The van der Waals surface area contributed by atoms with E-state index >= 15 is 0 Å². The third-order valence-electron chi connectivity index (χ3n) is 4.78. The highest BCUT2D eigenvalue weighted by atomic mass is 16.4. The van der Waals surface area contributed by atoms with E-state index in [0.717, 1.165) is 12.2 Å². The molecule has 1 aliphatic heterocycles. The van der Waals surface area contributed by atoms with Gasteiger partial charge in [0.15, 0.2) is 0 Å². The number of pyridine rings is 1. The Kier molecular flexibility index (Phi) is 5.93. The monoisotopic (exact) mass is 386 g/mol. The van der Waals surface area contributed by atoms with Crippen LogP contribution in [0.3, 0.4) is 0 Å². The van der Waals surface area contributed by atoms with Gasteiger partial charge in [-0.05, 0) is 32.5 Å². The van der Waals surface area contributed by atoms with Crippen LogP contribution in [0.2, 0.25) is 0 Å². The van der Waals surface area contributed by atoms with Gasteiger partial charge in [-0.3, -0.25) is 15.0 Å². The summed E-state index contributed by atoms with van der Waals surface area (Å²) >= 11 is 0. The van der Waals surface area contributed by atoms with Gasteiger partial charge in [-0.1, -0.05) is 0 Å². The van der Waals surface area contributed by atoms with E-state index in [-0.39, 0.29) is 18.0 Å². The van der Waals surface area contributed by atoms with Crippen LogP contribution in [0.1, 0.15) is 28.4 Å². The summed E-state index contributed by atoms with van der Waals surface area (Å²) in [6, 6.07) is 3.34. The van der Waals surface area contributed by atoms with Gasteiger partial charge in [-0.15, -0.1) is 0 Å². The summed E-state index contributed by atoms with van der Waals surface area (Å²) in [6.07, 6.45) is 4.06. The van der Waals surface area contributed by atoms with Gasteiger partial charge in [0.2, 0.25) is 5.89 Å². The van der Waals surface area contributed by atoms with Gasteiger partial charge >= 0.3 is 6.03 Å². The smallest absolute Gasteiger partial charge is 0.323 e. The number of likely N-dealkylation sites (tertiary alicyclic amines) is 1. The number of hydrogen-bond acceptors (Lipinski definition) is 6. The highest BCUT2D eigenvalue weighted by molar-refractivity contribution is 5.94. The van der Waals surface area contributed by atoms with Crippen LogP contribution >= 0.6 is 0 Å². The van der Waals surface area contributed by atoms with E-state index in [2.05, 4.69) is 20.2 Å². The van der Waals surface area contributed by atoms with E-state index in [1.807, 2.05) is 14.0 Å². The van der Waals surface area contributed by atoms with Crippen molar-refractivity contribution in [1.82, 2.24) is 24.7 Å². The zero-order valence-electron chi connectivity index (χ0n) is 16.7. The highest BCUT2D eigenvalue weighted by Gasteiger charge is 2.29. The second kappa shape index (κ2) is 8.39. The average Bonchev–Trinajstić information content (AvgIpc) is 3.31. The Morgan fingerprint density at radius 1 is 1.25 bits per heavy atom. The third-order valence-corrected chi connectivity index (χ3v) is 4.78. The number of aryl methyl sites for hydroxylation is 1. The molecule has 3 rings (SSSR count). The molecule has 1 saturated heterocycles. The largest absolute Gasteiger partial charge is 0.445 e. The first kappa shape index (κ1) is 19.8. The third kappa shape index (κ3) is 4.66. The van der Waals surface area contributed by atoms with Crippen molar-refractivity contribution in [3.63, 3.8) is 0 Å². The number of amides is 3. The van der Waals surface area contributed by atoms with E-state index in [9.17, 15) is 9.59 Å². The number of anilines is 1. The van der Waals surface area contributed by atoms with Crippen molar-refractivity contribution in [2.45, 2.75) is 25.9 Å². The number of hydrogen-bond donors (Lipinski definition) is 1. The summed E-state index contributed by atoms with van der Waals surface area (Å²) in [5, 5.41) is 2.79. The van der Waals surface area contributed by atoms with Gasteiger partial charge in [0.25, 0.3) is 5.91 Å². The molecule has 2 aromatic heterocycles. The van der Waals surface area contributed by atoms with Gasteiger partial charge in [0.1, 0.15) is 11.6 Å². The van der Waals surface area contributed by atoms with Crippen molar-refractivity contribution in [2.24, 2.45) is 0 Å². The van der Waals surface area contributed by atoms with Crippen molar-refractivity contribution in [1.29, 1.82) is 0 Å². The minimum atomic E-state index is -0.193. The predicted octanol–water partition coefficient (Wildman–Crippen LogP) is 1.82. The molecular weight excluding hydrogens is 360 g/mol. The molecule has 1 atom stereocenters. The Hall–Kier alpha value is -2.94. The average molecular weight is 386 g/mol. The van der Waals surface area contributed by atoms with Crippen molar-refractivity contribution in [2.75, 3.05) is 39.5 Å². The molecule has 0 spiro atoms. The van der Waals surface area contributed by atoms with Crippen molar-refractivity contribution in [3.05, 3.63) is 41.7 Å². The maximum absolute atomic E-state index is 12.5. The minimum Gasteiger partial charge on any atom is -0.445 e. The van der Waals surface area contributed by atoms with Gasteiger partial charge in [0, 0.05) is 39.4 Å². The SMILES string of the molecule is Cc1cnc(CN(C)C2CCN(C(=O)Nc3ccc(C(=O)N(C)C)cn3)C2)o1. The molecule has 3 amide bonds. The Morgan fingerprint density at radius 3 is 2.64 bits per heavy atom. The summed E-state index contributed by atoms with van der Waals surface area (Å²) < 4.78 is 5.53. The lowest BCUT2D eigenvalue weighted by Gasteiger charge is -2.23. The number of likely N-dealkylation sites (N-methyl/N-ethyl adjacent to an activating group) is 1. The standard InChI is InChI=1S/C19H26N6O3/c1-13-9-21-17(28-13)12-24(4)15-7-8-25(11-15)19(27)22-16-6-5-14(10-20-16)18(26)23(2)3/h5-6,9-10,15H,7-8,11-12H2,1-4H3,(H,20,22,27). The number of carbonyl (C=O) groups excluding carboxylic acids is 2. The quantitative estimate of drug-likeness (QED) is 0.842. The number of aromatic nitrogens is 2. The van der Waals surface area contributed by atoms with E-state index in [4.69, 9.17) is 4.42 Å². The first-order valence-corrected chi connectivity index (χ1v) is 9.18. The molecular formula is C19H26N6O3. The van der Waals surface area contributed by atoms with E-state index < -0.39 is 0 Å². The molecule has 1 unspecified atom stereocenters. The van der Waals surface area contributed by atoms with Crippen LogP contribution in [0.25, 0.3) is 0 Å². The molecule has 0 saturated carbocycles. The van der Waals surface area contributed by atoms with Crippen LogP contribution in [-0.4, -0.2) is 76.9 Å². The van der Waals surface area contributed by atoms with Crippen LogP contribution in [0.15, 0.2) is 28.9 Å². The van der Waals surface area contributed by atoms with Crippen molar-refractivity contribution in [3.8, 4) is 0 Å². The molecule has 0 aliphatic carbocycles. The Labute approximate surface area is 164 Å². The van der Waals surface area contributed by atoms with Crippen LogP contribution in [0, 0.1) is 6.92 Å². The molecule has 9 heteroatoms. The topological polar surface area (TPSA) is 94.8 Å². The maximum Gasteiger partial charge on any atom is 0.323 e. The fourth-order valence-electron chi connectivity index (χ4n) is 3.14. The van der Waals surface area contributed by atoms with E-state index in [1.165, 1.54) is 11.1 Å². The summed E-state index contributed by atoms with van der Waals surface area (Å²) in [6.45, 7) is 3.77. The summed E-state index contributed by atoms with van der Waals surface area (Å²) in [4.78, 5) is 38.2. The Bertz CT molecular complexity index is 832. The molecule has 28 heavy (non-hydrogen) atoms. The highest BCUT2D eigenvalue weighted by Crippen LogP contribution is 2.18. The van der Waals surface area contributed by atoms with Gasteiger partial charge in [0.05, 0.1) is 18.3 Å². The summed E-state index contributed by atoms with van der Waals surface area (Å²) in [5.74, 6) is 1.77. The van der Waals surface area contributed by atoms with E-state index in [1.54, 1.807) is 37.3 Å². The van der Waals surface area contributed by atoms with E-state index in [0.29, 0.717) is 36.9 Å². The van der Waals surface area contributed by atoms with Crippen LogP contribution < -0.4 is 5.32 Å². The maximum atomic E-state index is 12.5. The van der Waals surface area contributed by atoms with Crippen LogP contribution in [-0.2, 0) is 6.54 Å². The first-order valence-electron chi connectivity index (χ1n) is 9.18. The number of rotatable bonds is 5. The summed E-state index contributed by atoms with van der Waals surface area (Å²) in [7, 11) is 5.37. The molecule has 2 aromatic rings. The second-order valence-corrected chi connectivity index (χ2v) is 7.23. The fraction of sp³-hybridized carbons (Fsp3) is 0.474. The van der Waals surface area contributed by atoms with Crippen molar-refractivity contribution >= 4 is 17.8 Å². The van der Waals surface area contributed by atoms with Crippen molar-refractivity contribution < 1.29 is 14.0 Å². The normalized spacial score (nSPS) is 16.5.